The number of rotatable bonds is 2. The third-order valence-electron chi connectivity index (χ3n) is 4.84. The quantitative estimate of drug-likeness (QED) is 0.833. The van der Waals surface area contributed by atoms with Crippen LogP contribution in [0.1, 0.15) is 31.4 Å². The number of hydrogen-bond acceptors (Lipinski definition) is 3. The van der Waals surface area contributed by atoms with Crippen LogP contribution in [0.4, 0.5) is 0 Å². The zero-order valence-electron chi connectivity index (χ0n) is 13.8. The second-order valence-corrected chi connectivity index (χ2v) is 6.32. The van der Waals surface area contributed by atoms with E-state index in [1.165, 1.54) is 5.56 Å². The third-order valence-corrected chi connectivity index (χ3v) is 4.84. The van der Waals surface area contributed by atoms with Gasteiger partial charge in [0, 0.05) is 33.0 Å². The van der Waals surface area contributed by atoms with Gasteiger partial charge in [-0.1, -0.05) is 31.2 Å². The number of hydrogen-bond donors (Lipinski definition) is 0. The molecule has 0 saturated carbocycles. The van der Waals surface area contributed by atoms with Crippen LogP contribution in [0, 0.1) is 0 Å². The fourth-order valence-electron chi connectivity index (χ4n) is 3.45. The molecule has 3 rings (SSSR count). The summed E-state index contributed by atoms with van der Waals surface area (Å²) in [6, 6.07) is 7.67. The van der Waals surface area contributed by atoms with Crippen LogP contribution in [0.15, 0.2) is 24.3 Å². The van der Waals surface area contributed by atoms with Gasteiger partial charge in [0.1, 0.15) is 6.04 Å². The van der Waals surface area contributed by atoms with E-state index in [0.717, 1.165) is 12.0 Å². The fourth-order valence-corrected chi connectivity index (χ4v) is 3.45. The molecule has 2 amide bonds. The van der Waals surface area contributed by atoms with Crippen LogP contribution in [-0.2, 0) is 27.3 Å². The first kappa shape index (κ1) is 16.0. The Bertz CT molecular complexity index is 602. The smallest absolute Gasteiger partial charge is 0.245 e. The summed E-state index contributed by atoms with van der Waals surface area (Å²) in [5, 5.41) is 0. The number of carbonyl (C=O) groups excluding carboxylic acids is 2. The van der Waals surface area contributed by atoms with Gasteiger partial charge in [0.15, 0.2) is 0 Å². The molecule has 0 radical (unpaired) electrons. The SMILES string of the molecule is CC[C@H]1CN(C(=O)[C@@H]2Cc3ccccc3CN2C(C)=O)CCO1. The highest BCUT2D eigenvalue weighted by atomic mass is 16.5. The molecule has 2 aliphatic heterocycles. The van der Waals surface area contributed by atoms with Crippen molar-refractivity contribution in [2.45, 2.75) is 45.4 Å². The second-order valence-electron chi connectivity index (χ2n) is 6.32. The van der Waals surface area contributed by atoms with Crippen LogP contribution >= 0.6 is 0 Å². The molecular formula is C18H24N2O3. The highest BCUT2D eigenvalue weighted by molar-refractivity contribution is 5.88. The molecular weight excluding hydrogens is 292 g/mol. The van der Waals surface area contributed by atoms with Gasteiger partial charge >= 0.3 is 0 Å². The van der Waals surface area contributed by atoms with E-state index in [1.807, 2.05) is 23.1 Å². The molecule has 2 atom stereocenters. The zero-order valence-corrected chi connectivity index (χ0v) is 13.8. The van der Waals surface area contributed by atoms with E-state index >= 15 is 0 Å². The number of ether oxygens (including phenoxy) is 1. The molecule has 0 unspecified atom stereocenters. The topological polar surface area (TPSA) is 49.9 Å². The Morgan fingerprint density at radius 1 is 1.26 bits per heavy atom. The first-order valence-corrected chi connectivity index (χ1v) is 8.34. The molecule has 5 nitrogen and oxygen atoms in total. The molecule has 5 heteroatoms. The Hall–Kier alpha value is -1.88. The van der Waals surface area contributed by atoms with Crippen LogP contribution in [0.2, 0.25) is 0 Å². The van der Waals surface area contributed by atoms with Crippen molar-refractivity contribution in [2.75, 3.05) is 19.7 Å². The van der Waals surface area contributed by atoms with Gasteiger partial charge in [-0.25, -0.2) is 0 Å². The summed E-state index contributed by atoms with van der Waals surface area (Å²) in [6.45, 7) is 5.94. The normalized spacial score (nSPS) is 24.3. The molecule has 0 spiro atoms. The molecule has 2 heterocycles. The van der Waals surface area contributed by atoms with Gasteiger partial charge < -0.3 is 14.5 Å². The summed E-state index contributed by atoms with van der Waals surface area (Å²) in [4.78, 5) is 28.6. The average molecular weight is 316 g/mol. The number of carbonyl (C=O) groups is 2. The molecule has 1 aromatic carbocycles. The Balaban J connectivity index is 1.81. The van der Waals surface area contributed by atoms with Crippen LogP contribution in [0.25, 0.3) is 0 Å². The van der Waals surface area contributed by atoms with Gasteiger partial charge in [0.05, 0.1) is 12.7 Å². The maximum Gasteiger partial charge on any atom is 0.245 e. The summed E-state index contributed by atoms with van der Waals surface area (Å²) >= 11 is 0. The first-order chi connectivity index (χ1) is 11.1. The molecule has 0 N–H and O–H groups in total. The Labute approximate surface area is 137 Å². The molecule has 1 fully saturated rings. The summed E-state index contributed by atoms with van der Waals surface area (Å²) in [6.07, 6.45) is 1.60. The largest absolute Gasteiger partial charge is 0.375 e. The molecule has 0 aliphatic carbocycles. The summed E-state index contributed by atoms with van der Waals surface area (Å²) in [5.74, 6) is 0.00890. The minimum absolute atomic E-state index is 0.0434. The van der Waals surface area contributed by atoms with E-state index in [1.54, 1.807) is 11.8 Å². The summed E-state index contributed by atoms with van der Waals surface area (Å²) < 4.78 is 5.65. The Morgan fingerprint density at radius 3 is 2.70 bits per heavy atom. The minimum atomic E-state index is -0.391. The van der Waals surface area contributed by atoms with E-state index in [4.69, 9.17) is 4.74 Å². The van der Waals surface area contributed by atoms with Gasteiger partial charge in [-0.3, -0.25) is 9.59 Å². The van der Waals surface area contributed by atoms with Gasteiger partial charge in [-0.15, -0.1) is 0 Å². The van der Waals surface area contributed by atoms with Gasteiger partial charge in [-0.2, -0.15) is 0 Å². The molecule has 0 bridgehead atoms. The average Bonchev–Trinajstić information content (AvgIpc) is 2.59. The van der Waals surface area contributed by atoms with E-state index < -0.39 is 6.04 Å². The van der Waals surface area contributed by atoms with Crippen molar-refractivity contribution in [3.05, 3.63) is 35.4 Å². The van der Waals surface area contributed by atoms with Crippen molar-refractivity contribution in [3.8, 4) is 0 Å². The lowest BCUT2D eigenvalue weighted by molar-refractivity contribution is -0.151. The maximum atomic E-state index is 13.0. The van der Waals surface area contributed by atoms with Gasteiger partial charge in [-0.05, 0) is 17.5 Å². The minimum Gasteiger partial charge on any atom is -0.375 e. The Kier molecular flexibility index (Phi) is 4.66. The fraction of sp³-hybridized carbons (Fsp3) is 0.556. The van der Waals surface area contributed by atoms with Crippen LogP contribution in [0.5, 0.6) is 0 Å². The lowest BCUT2D eigenvalue weighted by Crippen LogP contribution is -2.56. The molecule has 0 aromatic heterocycles. The number of morpholine rings is 1. The van der Waals surface area contributed by atoms with Crippen molar-refractivity contribution in [1.29, 1.82) is 0 Å². The lowest BCUT2D eigenvalue weighted by atomic mass is 9.93. The lowest BCUT2D eigenvalue weighted by Gasteiger charge is -2.40. The van der Waals surface area contributed by atoms with Crippen molar-refractivity contribution < 1.29 is 14.3 Å². The summed E-state index contributed by atoms with van der Waals surface area (Å²) in [7, 11) is 0. The van der Waals surface area contributed by atoms with Crippen molar-refractivity contribution in [3.63, 3.8) is 0 Å². The van der Waals surface area contributed by atoms with E-state index in [2.05, 4.69) is 13.0 Å². The molecule has 2 aliphatic rings. The number of fused-ring (bicyclic) bond motifs is 1. The highest BCUT2D eigenvalue weighted by Gasteiger charge is 2.36. The number of benzene rings is 1. The van der Waals surface area contributed by atoms with E-state index in [9.17, 15) is 9.59 Å². The molecule has 23 heavy (non-hydrogen) atoms. The predicted molar refractivity (Wildman–Crippen MR) is 86.8 cm³/mol. The standard InChI is InChI=1S/C18H24N2O3/c1-3-16-12-19(8-9-23-16)18(22)17-10-14-6-4-5-7-15(14)11-20(17)13(2)21/h4-7,16-17H,3,8-12H2,1-2H3/t16-,17-/m0/s1. The molecule has 1 aromatic rings. The first-order valence-electron chi connectivity index (χ1n) is 8.34. The number of amides is 2. The maximum absolute atomic E-state index is 13.0. The Morgan fingerprint density at radius 2 is 2.00 bits per heavy atom. The monoisotopic (exact) mass is 316 g/mol. The molecule has 1 saturated heterocycles. The van der Waals surface area contributed by atoms with Crippen molar-refractivity contribution in [1.82, 2.24) is 9.80 Å². The highest BCUT2D eigenvalue weighted by Crippen LogP contribution is 2.25. The predicted octanol–water partition coefficient (Wildman–Crippen LogP) is 1.60. The third kappa shape index (κ3) is 3.24. The van der Waals surface area contributed by atoms with Gasteiger partial charge in [0.25, 0.3) is 0 Å². The molecule has 124 valence electrons. The second kappa shape index (κ2) is 6.71. The van der Waals surface area contributed by atoms with Crippen molar-refractivity contribution >= 4 is 11.8 Å². The van der Waals surface area contributed by atoms with Crippen molar-refractivity contribution in [2.24, 2.45) is 0 Å². The summed E-state index contributed by atoms with van der Waals surface area (Å²) in [5.41, 5.74) is 2.31. The zero-order chi connectivity index (χ0) is 16.4. The number of nitrogens with zero attached hydrogens (tertiary/aromatic N) is 2. The van der Waals surface area contributed by atoms with Gasteiger partial charge in [0.2, 0.25) is 11.8 Å². The van der Waals surface area contributed by atoms with Crippen LogP contribution in [-0.4, -0.2) is 53.5 Å². The van der Waals surface area contributed by atoms with E-state index in [0.29, 0.717) is 32.7 Å². The van der Waals surface area contributed by atoms with Crippen LogP contribution < -0.4 is 0 Å². The van der Waals surface area contributed by atoms with Crippen LogP contribution in [0.3, 0.4) is 0 Å². The van der Waals surface area contributed by atoms with E-state index in [-0.39, 0.29) is 17.9 Å².